The lowest BCUT2D eigenvalue weighted by Gasteiger charge is -1.96. The predicted molar refractivity (Wildman–Crippen MR) is 63.3 cm³/mol. The highest BCUT2D eigenvalue weighted by atomic mass is 16.5. The van der Waals surface area contributed by atoms with E-state index in [1.807, 2.05) is 12.2 Å². The second-order valence-electron chi connectivity index (χ2n) is 4.01. The molecule has 0 bridgehead atoms. The minimum Gasteiger partial charge on any atom is -0.469 e. The number of ether oxygens (including phenoxy) is 1. The van der Waals surface area contributed by atoms with Crippen LogP contribution in [0.4, 0.5) is 0 Å². The minimum atomic E-state index is -0.596. The number of hydrogen-bond acceptors (Lipinski definition) is 4. The molecule has 0 aromatic carbocycles. The van der Waals surface area contributed by atoms with Crippen molar-refractivity contribution in [2.24, 2.45) is 0 Å². The summed E-state index contributed by atoms with van der Waals surface area (Å²) in [5.74, 6) is -0.174. The average molecular weight is 238 g/mol. The molecule has 94 valence electrons. The third-order valence-electron chi connectivity index (χ3n) is 2.64. The molecular formula is C13H18O4. The van der Waals surface area contributed by atoms with Crippen LogP contribution in [0.15, 0.2) is 23.8 Å². The number of methoxy groups -OCH3 is 1. The topological polar surface area (TPSA) is 63.6 Å². The lowest BCUT2D eigenvalue weighted by atomic mass is 10.1. The molecule has 0 heterocycles. The van der Waals surface area contributed by atoms with Crippen LogP contribution in [0.25, 0.3) is 0 Å². The molecule has 4 nitrogen and oxygen atoms in total. The molecule has 1 atom stereocenters. The van der Waals surface area contributed by atoms with E-state index in [0.717, 1.165) is 12.0 Å². The first kappa shape index (κ1) is 13.6. The van der Waals surface area contributed by atoms with Crippen LogP contribution in [-0.2, 0) is 14.3 Å². The van der Waals surface area contributed by atoms with Gasteiger partial charge in [0.25, 0.3) is 0 Å². The van der Waals surface area contributed by atoms with Crippen molar-refractivity contribution >= 4 is 11.8 Å². The summed E-state index contributed by atoms with van der Waals surface area (Å²) in [4.78, 5) is 22.1. The van der Waals surface area contributed by atoms with E-state index in [4.69, 9.17) is 0 Å². The standard InChI is InChI=1S/C13H18O4/c1-17-13(16)7-5-3-2-4-6-10-8-11(14)9-12(10)15/h2-3,8,11,14H,4-7,9H2,1H3/t11-/m0/s1. The van der Waals surface area contributed by atoms with Gasteiger partial charge in [-0.3, -0.25) is 9.59 Å². The summed E-state index contributed by atoms with van der Waals surface area (Å²) in [5.41, 5.74) is 0.718. The third kappa shape index (κ3) is 4.95. The third-order valence-corrected chi connectivity index (χ3v) is 2.64. The summed E-state index contributed by atoms with van der Waals surface area (Å²) in [6, 6.07) is 0. The smallest absolute Gasteiger partial charge is 0.305 e. The zero-order valence-electron chi connectivity index (χ0n) is 10.0. The number of hydrogen-bond donors (Lipinski definition) is 1. The summed E-state index contributed by atoms with van der Waals surface area (Å²) in [5, 5.41) is 9.23. The van der Waals surface area contributed by atoms with E-state index in [1.54, 1.807) is 6.08 Å². The van der Waals surface area contributed by atoms with Gasteiger partial charge < -0.3 is 9.84 Å². The zero-order chi connectivity index (χ0) is 12.7. The van der Waals surface area contributed by atoms with Gasteiger partial charge in [0, 0.05) is 12.8 Å². The Hall–Kier alpha value is -1.42. The summed E-state index contributed by atoms with van der Waals surface area (Å²) >= 11 is 0. The minimum absolute atomic E-state index is 0.0421. The number of Topliss-reactive ketones (excluding diaryl/α,β-unsaturated/α-hetero) is 1. The molecule has 4 heteroatoms. The quantitative estimate of drug-likeness (QED) is 0.563. The number of carbonyl (C=O) groups is 2. The summed E-state index contributed by atoms with van der Waals surface area (Å²) in [6.45, 7) is 0. The number of aliphatic hydroxyl groups excluding tert-OH is 1. The van der Waals surface area contributed by atoms with Crippen LogP contribution in [0, 0.1) is 0 Å². The predicted octanol–water partition coefficient (Wildman–Crippen LogP) is 1.54. The Morgan fingerprint density at radius 2 is 2.24 bits per heavy atom. The van der Waals surface area contributed by atoms with Gasteiger partial charge in [0.2, 0.25) is 0 Å². The van der Waals surface area contributed by atoms with E-state index < -0.39 is 6.10 Å². The molecule has 1 aliphatic carbocycles. The highest BCUT2D eigenvalue weighted by Crippen LogP contribution is 2.19. The van der Waals surface area contributed by atoms with E-state index in [1.165, 1.54) is 7.11 Å². The Labute approximate surface area is 101 Å². The van der Waals surface area contributed by atoms with E-state index >= 15 is 0 Å². The van der Waals surface area contributed by atoms with Crippen LogP contribution in [0.2, 0.25) is 0 Å². The van der Waals surface area contributed by atoms with Crippen LogP contribution in [0.3, 0.4) is 0 Å². The van der Waals surface area contributed by atoms with Gasteiger partial charge >= 0.3 is 5.97 Å². The molecule has 0 saturated carbocycles. The van der Waals surface area contributed by atoms with Crippen molar-refractivity contribution in [2.45, 2.75) is 38.2 Å². The van der Waals surface area contributed by atoms with Gasteiger partial charge in [0.1, 0.15) is 0 Å². The van der Waals surface area contributed by atoms with E-state index in [2.05, 4.69) is 4.74 Å². The first-order valence-electron chi connectivity index (χ1n) is 5.77. The molecule has 0 unspecified atom stereocenters. The Morgan fingerprint density at radius 3 is 2.82 bits per heavy atom. The molecule has 0 radical (unpaired) electrons. The molecule has 0 aliphatic heterocycles. The van der Waals surface area contributed by atoms with Gasteiger partial charge in [-0.15, -0.1) is 0 Å². The molecule has 0 fully saturated rings. The number of aliphatic hydroxyl groups is 1. The van der Waals surface area contributed by atoms with Crippen molar-refractivity contribution in [1.29, 1.82) is 0 Å². The van der Waals surface area contributed by atoms with E-state index in [-0.39, 0.29) is 18.2 Å². The summed E-state index contributed by atoms with van der Waals surface area (Å²) < 4.78 is 4.51. The van der Waals surface area contributed by atoms with E-state index in [0.29, 0.717) is 19.3 Å². The monoisotopic (exact) mass is 238 g/mol. The van der Waals surface area contributed by atoms with Crippen molar-refractivity contribution in [3.05, 3.63) is 23.8 Å². The fourth-order valence-corrected chi connectivity index (χ4v) is 1.71. The molecule has 0 aromatic rings. The van der Waals surface area contributed by atoms with E-state index in [9.17, 15) is 14.7 Å². The first-order valence-corrected chi connectivity index (χ1v) is 5.77. The van der Waals surface area contributed by atoms with Gasteiger partial charge in [-0.25, -0.2) is 0 Å². The lowest BCUT2D eigenvalue weighted by molar-refractivity contribution is -0.140. The largest absolute Gasteiger partial charge is 0.469 e. The van der Waals surface area contributed by atoms with Crippen molar-refractivity contribution in [2.75, 3.05) is 7.11 Å². The Bertz CT molecular complexity index is 341. The maximum absolute atomic E-state index is 11.3. The maximum Gasteiger partial charge on any atom is 0.305 e. The first-order chi connectivity index (χ1) is 8.13. The molecule has 1 N–H and O–H groups in total. The molecule has 0 spiro atoms. The fourth-order valence-electron chi connectivity index (χ4n) is 1.71. The number of rotatable bonds is 6. The van der Waals surface area contributed by atoms with Crippen molar-refractivity contribution in [3.63, 3.8) is 0 Å². The lowest BCUT2D eigenvalue weighted by Crippen LogP contribution is -2.01. The molecular weight excluding hydrogens is 220 g/mol. The second-order valence-corrected chi connectivity index (χ2v) is 4.01. The van der Waals surface area contributed by atoms with Gasteiger partial charge in [-0.05, 0) is 30.9 Å². The highest BCUT2D eigenvalue weighted by Gasteiger charge is 2.20. The summed E-state index contributed by atoms with van der Waals surface area (Å²) in [7, 11) is 1.37. The number of allylic oxidation sites excluding steroid dienone is 3. The summed E-state index contributed by atoms with van der Waals surface area (Å²) in [6.07, 6.45) is 7.56. The molecule has 1 aliphatic rings. The van der Waals surface area contributed by atoms with Gasteiger partial charge in [-0.1, -0.05) is 12.2 Å². The zero-order valence-corrected chi connectivity index (χ0v) is 10.0. The average Bonchev–Trinajstić information content (AvgIpc) is 2.62. The number of ketones is 1. The van der Waals surface area contributed by atoms with Gasteiger partial charge in [-0.2, -0.15) is 0 Å². The highest BCUT2D eigenvalue weighted by molar-refractivity contribution is 5.98. The van der Waals surface area contributed by atoms with Gasteiger partial charge in [0.05, 0.1) is 13.2 Å². The van der Waals surface area contributed by atoms with Crippen LogP contribution >= 0.6 is 0 Å². The number of esters is 1. The van der Waals surface area contributed by atoms with Crippen LogP contribution in [-0.4, -0.2) is 30.1 Å². The maximum atomic E-state index is 11.3. The Kier molecular flexibility index (Phi) is 5.63. The molecule has 0 amide bonds. The second kappa shape index (κ2) is 7.01. The van der Waals surface area contributed by atoms with Crippen LogP contribution in [0.5, 0.6) is 0 Å². The van der Waals surface area contributed by atoms with Gasteiger partial charge in [0.15, 0.2) is 5.78 Å². The normalized spacial score (nSPS) is 19.8. The molecule has 0 aromatic heterocycles. The van der Waals surface area contributed by atoms with Crippen molar-refractivity contribution in [3.8, 4) is 0 Å². The molecule has 0 saturated heterocycles. The Morgan fingerprint density at radius 1 is 1.53 bits per heavy atom. The van der Waals surface area contributed by atoms with Crippen LogP contribution in [0.1, 0.15) is 32.1 Å². The molecule has 17 heavy (non-hydrogen) atoms. The molecule has 1 rings (SSSR count). The van der Waals surface area contributed by atoms with Crippen LogP contribution < -0.4 is 0 Å². The Balaban J connectivity index is 2.15. The fraction of sp³-hybridized carbons (Fsp3) is 0.538. The number of carbonyl (C=O) groups excluding carboxylic acids is 2. The van der Waals surface area contributed by atoms with Crippen molar-refractivity contribution in [1.82, 2.24) is 0 Å². The van der Waals surface area contributed by atoms with Crippen molar-refractivity contribution < 1.29 is 19.4 Å². The SMILES string of the molecule is COC(=O)CCC=CCCC1=C[C@H](O)CC1=O.